The molecule has 1 aliphatic heterocycles. The highest BCUT2D eigenvalue weighted by molar-refractivity contribution is 6.31. The number of ether oxygens (including phenoxy) is 5. The van der Waals surface area contributed by atoms with Gasteiger partial charge in [-0.1, -0.05) is 19.1 Å². The van der Waals surface area contributed by atoms with Gasteiger partial charge in [-0.05, 0) is 32.8 Å². The number of phenols is 2. The maximum absolute atomic E-state index is 13.8. The van der Waals surface area contributed by atoms with Crippen molar-refractivity contribution in [3.05, 3.63) is 51.6 Å². The van der Waals surface area contributed by atoms with Crippen LogP contribution in [-0.4, -0.2) is 83.1 Å². The second kappa shape index (κ2) is 13.3. The van der Waals surface area contributed by atoms with Crippen molar-refractivity contribution in [3.8, 4) is 17.2 Å². The Morgan fingerprint density at radius 2 is 1.79 bits per heavy atom. The van der Waals surface area contributed by atoms with Gasteiger partial charge in [-0.25, -0.2) is 0 Å². The first kappa shape index (κ1) is 31.5. The highest BCUT2D eigenvalue weighted by Gasteiger charge is 2.41. The zero-order chi connectivity index (χ0) is 30.7. The van der Waals surface area contributed by atoms with Crippen molar-refractivity contribution in [1.82, 2.24) is 0 Å². The Balaban J connectivity index is 1.78. The smallest absolute Gasteiger partial charge is 0.269 e. The Morgan fingerprint density at radius 3 is 2.40 bits per heavy atom. The van der Waals surface area contributed by atoms with E-state index in [1.165, 1.54) is 19.2 Å². The van der Waals surface area contributed by atoms with E-state index < -0.39 is 72.4 Å². The van der Waals surface area contributed by atoms with Crippen molar-refractivity contribution >= 4 is 17.3 Å². The van der Waals surface area contributed by atoms with Gasteiger partial charge in [-0.3, -0.25) is 14.4 Å². The fourth-order valence-electron chi connectivity index (χ4n) is 5.25. The molecule has 0 aromatic heterocycles. The average molecular weight is 589 g/mol. The Morgan fingerprint density at radius 1 is 1.07 bits per heavy atom. The summed E-state index contributed by atoms with van der Waals surface area (Å²) in [6.07, 6.45) is -2.89. The van der Waals surface area contributed by atoms with E-state index in [0.717, 1.165) is 0 Å². The summed E-state index contributed by atoms with van der Waals surface area (Å²) in [4.78, 5) is 40.3. The van der Waals surface area contributed by atoms with Gasteiger partial charge in [0.15, 0.2) is 17.9 Å². The monoisotopic (exact) mass is 588 g/mol. The van der Waals surface area contributed by atoms with Crippen LogP contribution in [0.5, 0.6) is 17.2 Å². The lowest BCUT2D eigenvalue weighted by atomic mass is 9.78. The predicted molar refractivity (Wildman–Crippen MR) is 146 cm³/mol. The molecule has 1 saturated heterocycles. The lowest BCUT2D eigenvalue weighted by molar-refractivity contribution is -0.274. The van der Waals surface area contributed by atoms with Gasteiger partial charge in [0.25, 0.3) is 6.48 Å². The number of methoxy groups -OCH3 is 1. The van der Waals surface area contributed by atoms with E-state index in [0.29, 0.717) is 6.42 Å². The van der Waals surface area contributed by atoms with Crippen LogP contribution in [-0.2, 0) is 30.2 Å². The number of carbonyl (C=O) groups is 3. The van der Waals surface area contributed by atoms with Gasteiger partial charge < -0.3 is 44.1 Å². The van der Waals surface area contributed by atoms with E-state index in [1.54, 1.807) is 26.8 Å². The number of hydrogen-bond donors (Lipinski definition) is 4. The second-order valence-electron chi connectivity index (χ2n) is 10.4. The number of rotatable bonds is 12. The summed E-state index contributed by atoms with van der Waals surface area (Å²) in [6.45, 7) is 2.79. The summed E-state index contributed by atoms with van der Waals surface area (Å²) in [5.41, 5.74) is -0.773. The van der Waals surface area contributed by atoms with Crippen molar-refractivity contribution in [2.24, 2.45) is 0 Å². The average Bonchev–Trinajstić information content (AvgIpc) is 2.95. The third kappa shape index (κ3) is 6.33. The molecule has 0 saturated carbocycles. The second-order valence-corrected chi connectivity index (χ2v) is 10.4. The normalized spacial score (nSPS) is 19.8. The molecule has 0 spiro atoms. The third-order valence-electron chi connectivity index (χ3n) is 7.15. The molecular formula is C30H36O12. The molecule has 12 heteroatoms. The van der Waals surface area contributed by atoms with Crippen LogP contribution in [0.2, 0.25) is 0 Å². The van der Waals surface area contributed by atoms with Crippen LogP contribution in [0.1, 0.15) is 89.1 Å². The zero-order valence-electron chi connectivity index (χ0n) is 23.9. The third-order valence-corrected chi connectivity index (χ3v) is 7.15. The summed E-state index contributed by atoms with van der Waals surface area (Å²) in [5, 5.41) is 42.7. The minimum atomic E-state index is -1.65. The van der Waals surface area contributed by atoms with E-state index in [-0.39, 0.29) is 59.1 Å². The largest absolute Gasteiger partial charge is 0.507 e. The molecule has 0 amide bonds. The van der Waals surface area contributed by atoms with Crippen LogP contribution < -0.4 is 4.74 Å². The molecule has 12 nitrogen and oxygen atoms in total. The number of ketones is 3. The number of aliphatic hydroxyl groups excluding tert-OH is 2. The van der Waals surface area contributed by atoms with Crippen LogP contribution in [0.25, 0.3) is 0 Å². The van der Waals surface area contributed by atoms with E-state index in [2.05, 4.69) is 0 Å². The van der Waals surface area contributed by atoms with Gasteiger partial charge in [-0.2, -0.15) is 0 Å². The van der Waals surface area contributed by atoms with Crippen molar-refractivity contribution in [3.63, 3.8) is 0 Å². The number of carbonyl (C=O) groups excluding carboxylic acids is 3. The van der Waals surface area contributed by atoms with Gasteiger partial charge >= 0.3 is 0 Å². The van der Waals surface area contributed by atoms with E-state index in [1.807, 2.05) is 0 Å². The number of Topliss-reactive ketones (excluding diaryl/α,β-unsaturated/α-hetero) is 1. The molecule has 2 aliphatic rings. The molecule has 0 bridgehead atoms. The fourth-order valence-corrected chi connectivity index (χ4v) is 5.25. The Bertz CT molecular complexity index is 1340. The maximum atomic E-state index is 13.8. The first-order valence-electron chi connectivity index (χ1n) is 13.8. The minimum absolute atomic E-state index is 0.0151. The summed E-state index contributed by atoms with van der Waals surface area (Å²) >= 11 is 0. The van der Waals surface area contributed by atoms with Crippen molar-refractivity contribution in [2.45, 2.75) is 77.5 Å². The predicted octanol–water partition coefficient (Wildman–Crippen LogP) is 2.68. The molecule has 4 rings (SSSR count). The molecular weight excluding hydrogens is 552 g/mol. The Labute approximate surface area is 242 Å². The van der Waals surface area contributed by atoms with Gasteiger partial charge in [0.1, 0.15) is 23.9 Å². The molecule has 1 aliphatic carbocycles. The van der Waals surface area contributed by atoms with Crippen molar-refractivity contribution in [1.29, 1.82) is 0 Å². The van der Waals surface area contributed by atoms with Crippen LogP contribution in [0.3, 0.4) is 0 Å². The first-order valence-corrected chi connectivity index (χ1v) is 13.8. The van der Waals surface area contributed by atoms with Crippen LogP contribution in [0.15, 0.2) is 18.2 Å². The summed E-state index contributed by atoms with van der Waals surface area (Å²) in [6, 6.07) is 4.49. The van der Waals surface area contributed by atoms with Crippen molar-refractivity contribution < 1.29 is 58.5 Å². The molecule has 1 heterocycles. The molecule has 228 valence electrons. The Hall–Kier alpha value is -3.39. The first-order chi connectivity index (χ1) is 20.0. The Kier molecular flexibility index (Phi) is 9.97. The maximum Gasteiger partial charge on any atom is 0.269 e. The summed E-state index contributed by atoms with van der Waals surface area (Å²) < 4.78 is 27.2. The molecule has 4 N–H and O–H groups in total. The molecule has 2 aromatic carbocycles. The lowest BCUT2D eigenvalue weighted by Crippen LogP contribution is -2.33. The van der Waals surface area contributed by atoms with Gasteiger partial charge in [0, 0.05) is 29.5 Å². The van der Waals surface area contributed by atoms with Gasteiger partial charge in [-0.15, -0.1) is 0 Å². The molecule has 1 fully saturated rings. The standard InChI is InChI=1S/C30H36O12/c1-5-17-22(20(42-21-10-9-15(31)12-39-21)11-16(32)13-40-30(37)41-14(2)3)28(35)25-24(26(17)33)27(34)18-7-6-8-19(38-4)23(18)29(25)36/h6-8,14-15,20-21,30-31,33,35,37H,5,9-13H2,1-4H3/t15-,20-,21?,30?/m0/s1. The van der Waals surface area contributed by atoms with Crippen LogP contribution >= 0.6 is 0 Å². The molecule has 0 radical (unpaired) electrons. The highest BCUT2D eigenvalue weighted by Crippen LogP contribution is 2.48. The number of fused-ring (bicyclic) bond motifs is 2. The lowest BCUT2D eigenvalue weighted by Gasteiger charge is -2.32. The molecule has 2 unspecified atom stereocenters. The minimum Gasteiger partial charge on any atom is -0.507 e. The topological polar surface area (TPSA) is 178 Å². The molecule has 2 aromatic rings. The quantitative estimate of drug-likeness (QED) is 0.180. The SMILES string of the molecule is CCc1c(O)c2c(c(O)c1[C@H](CC(=O)COC(O)OC(C)C)OC1CC[C@H](O)CO1)C(=O)c1c(OC)cccc1C2=O. The number of phenolic OH excluding ortho intramolecular Hbond substituents is 2. The van der Waals surface area contributed by atoms with Gasteiger partial charge in [0.2, 0.25) is 5.78 Å². The highest BCUT2D eigenvalue weighted by atomic mass is 16.8. The zero-order valence-corrected chi connectivity index (χ0v) is 23.9. The summed E-state index contributed by atoms with van der Waals surface area (Å²) in [7, 11) is 1.34. The number of aromatic hydroxyl groups is 2. The van der Waals surface area contributed by atoms with E-state index in [4.69, 9.17) is 23.7 Å². The molecule has 42 heavy (non-hydrogen) atoms. The van der Waals surface area contributed by atoms with Gasteiger partial charge in [0.05, 0.1) is 48.7 Å². The number of benzene rings is 2. The summed E-state index contributed by atoms with van der Waals surface area (Å²) in [5.74, 6) is -2.98. The number of aliphatic hydroxyl groups is 2. The fraction of sp³-hybridized carbons (Fsp3) is 0.500. The van der Waals surface area contributed by atoms with E-state index >= 15 is 0 Å². The number of hydrogen-bond acceptors (Lipinski definition) is 12. The van der Waals surface area contributed by atoms with Crippen LogP contribution in [0, 0.1) is 0 Å². The van der Waals surface area contributed by atoms with Crippen LogP contribution in [0.4, 0.5) is 0 Å². The molecule has 4 atom stereocenters. The van der Waals surface area contributed by atoms with E-state index in [9.17, 15) is 34.8 Å². The van der Waals surface area contributed by atoms with Crippen molar-refractivity contribution in [2.75, 3.05) is 20.3 Å².